The number of amides is 1. The standard InChI is InChI=1S/C24H22ClF3N2O/c25-22-11-8-18(14-21(22)24(26,27)28)29-23(31)12-13-30(19-9-10-19)15-17-6-3-5-16-4-1-2-7-20(16)17/h1-8,11,14,19H,9-10,12-13,15H2,(H,29,31). The SMILES string of the molecule is O=C(CCN(Cc1cccc2ccccc12)C1CC1)Nc1ccc(Cl)c(C(F)(F)F)c1. The van der Waals surface area contributed by atoms with Gasteiger partial charge in [-0.05, 0) is 47.4 Å². The molecule has 0 aliphatic heterocycles. The van der Waals surface area contributed by atoms with Crippen LogP contribution in [0.2, 0.25) is 5.02 Å². The van der Waals surface area contributed by atoms with Gasteiger partial charge in [-0.2, -0.15) is 13.2 Å². The molecule has 1 aliphatic carbocycles. The van der Waals surface area contributed by atoms with E-state index in [4.69, 9.17) is 11.6 Å². The molecule has 1 saturated carbocycles. The van der Waals surface area contributed by atoms with E-state index in [-0.39, 0.29) is 23.0 Å². The maximum atomic E-state index is 13.0. The van der Waals surface area contributed by atoms with Gasteiger partial charge in [-0.15, -0.1) is 0 Å². The van der Waals surface area contributed by atoms with Crippen molar-refractivity contribution in [1.82, 2.24) is 4.90 Å². The molecule has 0 radical (unpaired) electrons. The minimum atomic E-state index is -4.57. The Labute approximate surface area is 183 Å². The van der Waals surface area contributed by atoms with Crippen LogP contribution in [0.4, 0.5) is 18.9 Å². The zero-order valence-corrected chi connectivity index (χ0v) is 17.5. The fraction of sp³-hybridized carbons (Fsp3) is 0.292. The Morgan fingerprint density at radius 1 is 1.06 bits per heavy atom. The van der Waals surface area contributed by atoms with Crippen LogP contribution in [0.3, 0.4) is 0 Å². The molecule has 0 heterocycles. The highest BCUT2D eigenvalue weighted by molar-refractivity contribution is 6.31. The Bertz CT molecular complexity index is 1090. The number of fused-ring (bicyclic) bond motifs is 1. The molecule has 31 heavy (non-hydrogen) atoms. The van der Waals surface area contributed by atoms with E-state index in [2.05, 4.69) is 34.5 Å². The Balaban J connectivity index is 1.41. The molecule has 0 saturated heterocycles. The third-order valence-electron chi connectivity index (χ3n) is 5.50. The second kappa shape index (κ2) is 8.89. The molecule has 0 aromatic heterocycles. The minimum absolute atomic E-state index is 0.0914. The maximum Gasteiger partial charge on any atom is 0.417 e. The van der Waals surface area contributed by atoms with Gasteiger partial charge in [0.15, 0.2) is 0 Å². The van der Waals surface area contributed by atoms with Crippen molar-refractivity contribution in [2.45, 2.75) is 38.0 Å². The number of carbonyl (C=O) groups is 1. The summed E-state index contributed by atoms with van der Waals surface area (Å²) in [6, 6.07) is 18.3. The number of benzene rings is 3. The summed E-state index contributed by atoms with van der Waals surface area (Å²) in [4.78, 5) is 14.7. The molecule has 3 aromatic carbocycles. The van der Waals surface area contributed by atoms with Crippen molar-refractivity contribution in [2.24, 2.45) is 0 Å². The van der Waals surface area contributed by atoms with Crippen LogP contribution in [0.5, 0.6) is 0 Å². The van der Waals surface area contributed by atoms with Gasteiger partial charge in [0.25, 0.3) is 0 Å². The number of anilines is 1. The summed E-state index contributed by atoms with van der Waals surface area (Å²) in [5.41, 5.74) is 0.342. The fourth-order valence-electron chi connectivity index (χ4n) is 3.77. The lowest BCUT2D eigenvalue weighted by atomic mass is 10.0. The van der Waals surface area contributed by atoms with E-state index in [0.717, 1.165) is 31.5 Å². The third-order valence-corrected chi connectivity index (χ3v) is 5.83. The molecule has 1 fully saturated rings. The van der Waals surface area contributed by atoms with Crippen LogP contribution in [-0.4, -0.2) is 23.4 Å². The van der Waals surface area contributed by atoms with Crippen molar-refractivity contribution in [2.75, 3.05) is 11.9 Å². The average molecular weight is 447 g/mol. The fourth-order valence-corrected chi connectivity index (χ4v) is 3.99. The predicted molar refractivity (Wildman–Crippen MR) is 117 cm³/mol. The third kappa shape index (κ3) is 5.38. The number of hydrogen-bond donors (Lipinski definition) is 1. The van der Waals surface area contributed by atoms with Crippen molar-refractivity contribution < 1.29 is 18.0 Å². The van der Waals surface area contributed by atoms with E-state index < -0.39 is 11.7 Å². The van der Waals surface area contributed by atoms with E-state index >= 15 is 0 Å². The van der Waals surface area contributed by atoms with E-state index in [9.17, 15) is 18.0 Å². The quantitative estimate of drug-likeness (QED) is 0.449. The molecule has 7 heteroatoms. The lowest BCUT2D eigenvalue weighted by Gasteiger charge is -2.23. The van der Waals surface area contributed by atoms with Crippen LogP contribution in [0.25, 0.3) is 10.8 Å². The molecule has 1 aliphatic rings. The second-order valence-electron chi connectivity index (χ2n) is 7.83. The highest BCUT2D eigenvalue weighted by atomic mass is 35.5. The number of nitrogens with one attached hydrogen (secondary N) is 1. The Morgan fingerprint density at radius 3 is 2.55 bits per heavy atom. The molecule has 1 amide bonds. The van der Waals surface area contributed by atoms with Crippen LogP contribution in [-0.2, 0) is 17.5 Å². The zero-order chi connectivity index (χ0) is 22.0. The highest BCUT2D eigenvalue weighted by Gasteiger charge is 2.33. The smallest absolute Gasteiger partial charge is 0.326 e. The van der Waals surface area contributed by atoms with Gasteiger partial charge in [-0.3, -0.25) is 9.69 Å². The molecule has 1 N–H and O–H groups in total. The molecule has 3 nitrogen and oxygen atoms in total. The Morgan fingerprint density at radius 2 is 1.81 bits per heavy atom. The van der Waals surface area contributed by atoms with Gasteiger partial charge in [0.05, 0.1) is 10.6 Å². The van der Waals surface area contributed by atoms with Gasteiger partial charge in [0.2, 0.25) is 5.91 Å². The van der Waals surface area contributed by atoms with Gasteiger partial charge in [-0.1, -0.05) is 54.1 Å². The van der Waals surface area contributed by atoms with Crippen LogP contribution < -0.4 is 5.32 Å². The second-order valence-corrected chi connectivity index (χ2v) is 8.24. The van der Waals surface area contributed by atoms with Gasteiger partial charge in [0, 0.05) is 31.2 Å². The summed E-state index contributed by atoms with van der Waals surface area (Å²) in [5, 5.41) is 4.55. The summed E-state index contributed by atoms with van der Waals surface area (Å²) < 4.78 is 39.1. The van der Waals surface area contributed by atoms with Crippen molar-refractivity contribution >= 4 is 34.0 Å². The first-order valence-corrected chi connectivity index (χ1v) is 10.6. The summed E-state index contributed by atoms with van der Waals surface area (Å²) >= 11 is 5.64. The number of alkyl halides is 3. The lowest BCUT2D eigenvalue weighted by Crippen LogP contribution is -2.29. The zero-order valence-electron chi connectivity index (χ0n) is 16.8. The maximum absolute atomic E-state index is 13.0. The van der Waals surface area contributed by atoms with Crippen molar-refractivity contribution in [3.05, 3.63) is 76.8 Å². The molecule has 4 rings (SSSR count). The van der Waals surface area contributed by atoms with E-state index in [0.29, 0.717) is 12.6 Å². The Kier molecular flexibility index (Phi) is 6.21. The highest BCUT2D eigenvalue weighted by Crippen LogP contribution is 2.36. The molecule has 0 spiro atoms. The topological polar surface area (TPSA) is 32.3 Å². The number of rotatable bonds is 7. The van der Waals surface area contributed by atoms with Gasteiger partial charge in [0.1, 0.15) is 0 Å². The average Bonchev–Trinajstić information content (AvgIpc) is 3.57. The molecular formula is C24H22ClF3N2O. The number of carbonyl (C=O) groups excluding carboxylic acids is 1. The molecule has 0 atom stereocenters. The van der Waals surface area contributed by atoms with Gasteiger partial charge in [-0.25, -0.2) is 0 Å². The summed E-state index contributed by atoms with van der Waals surface area (Å²) in [6.45, 7) is 1.28. The first-order chi connectivity index (χ1) is 14.8. The van der Waals surface area contributed by atoms with Crippen LogP contribution >= 0.6 is 11.6 Å². The lowest BCUT2D eigenvalue weighted by molar-refractivity contribution is -0.137. The normalized spacial score (nSPS) is 14.2. The number of hydrogen-bond acceptors (Lipinski definition) is 2. The van der Waals surface area contributed by atoms with Crippen LogP contribution in [0.1, 0.15) is 30.4 Å². The van der Waals surface area contributed by atoms with Crippen molar-refractivity contribution in [1.29, 1.82) is 0 Å². The van der Waals surface area contributed by atoms with Gasteiger partial charge >= 0.3 is 6.18 Å². The van der Waals surface area contributed by atoms with Crippen molar-refractivity contribution in [3.8, 4) is 0 Å². The number of nitrogens with zero attached hydrogens (tertiary/aromatic N) is 1. The van der Waals surface area contributed by atoms with Gasteiger partial charge < -0.3 is 5.32 Å². The number of halogens is 4. The molecule has 0 bridgehead atoms. The van der Waals surface area contributed by atoms with Crippen LogP contribution in [0, 0.1) is 0 Å². The molecule has 162 valence electrons. The predicted octanol–water partition coefficient (Wildman–Crippen LogP) is 6.51. The Hall–Kier alpha value is -2.57. The van der Waals surface area contributed by atoms with Crippen molar-refractivity contribution in [3.63, 3.8) is 0 Å². The summed E-state index contributed by atoms with van der Waals surface area (Å²) in [6.07, 6.45) is -2.18. The van der Waals surface area contributed by atoms with E-state index in [1.165, 1.54) is 22.4 Å². The van der Waals surface area contributed by atoms with E-state index in [1.54, 1.807) is 0 Å². The molecular weight excluding hydrogens is 425 g/mol. The first kappa shape index (κ1) is 21.7. The minimum Gasteiger partial charge on any atom is -0.326 e. The molecule has 3 aromatic rings. The summed E-state index contributed by atoms with van der Waals surface area (Å²) in [7, 11) is 0. The van der Waals surface area contributed by atoms with Crippen LogP contribution in [0.15, 0.2) is 60.7 Å². The molecule has 0 unspecified atom stereocenters. The van der Waals surface area contributed by atoms with E-state index in [1.807, 2.05) is 18.2 Å². The first-order valence-electron chi connectivity index (χ1n) is 10.2. The summed E-state index contributed by atoms with van der Waals surface area (Å²) in [5.74, 6) is -0.320. The largest absolute Gasteiger partial charge is 0.417 e. The monoisotopic (exact) mass is 446 g/mol.